The molecule has 2 aromatic carbocycles. The molecular weight excluding hydrogens is 299 g/mol. The molecule has 0 saturated heterocycles. The van der Waals surface area contributed by atoms with Crippen molar-refractivity contribution in [3.05, 3.63) is 70.1 Å². The van der Waals surface area contributed by atoms with Crippen molar-refractivity contribution in [2.75, 3.05) is 13.4 Å². The minimum absolute atomic E-state index is 0.235. The van der Waals surface area contributed by atoms with Gasteiger partial charge in [0.25, 0.3) is 5.91 Å². The zero-order chi connectivity index (χ0) is 16.5. The number of para-hydroxylation sites is 1. The molecule has 0 aliphatic rings. The Morgan fingerprint density at radius 3 is 2.65 bits per heavy atom. The summed E-state index contributed by atoms with van der Waals surface area (Å²) in [6.45, 7) is -0.496. The molecule has 23 heavy (non-hydrogen) atoms. The number of rotatable bonds is 7. The van der Waals surface area contributed by atoms with E-state index in [4.69, 9.17) is 10.3 Å². The largest absolute Gasteiger partial charge is 0.463 e. The van der Waals surface area contributed by atoms with Crippen molar-refractivity contribution < 1.29 is 13.9 Å². The van der Waals surface area contributed by atoms with E-state index in [-0.39, 0.29) is 5.91 Å². The number of halogens is 1. The first-order valence-corrected chi connectivity index (χ1v) is 6.94. The number of benzene rings is 2. The molecule has 0 aliphatic heterocycles. The number of carbonyl (C=O) groups excluding carboxylic acids is 1. The van der Waals surface area contributed by atoms with Gasteiger partial charge in [0.15, 0.2) is 0 Å². The van der Waals surface area contributed by atoms with E-state index in [1.807, 2.05) is 12.1 Å². The summed E-state index contributed by atoms with van der Waals surface area (Å²) in [5.74, 6) is 0.240. The lowest BCUT2D eigenvalue weighted by Crippen LogP contribution is -2.25. The zero-order valence-corrected chi connectivity index (χ0v) is 12.3. The van der Waals surface area contributed by atoms with Gasteiger partial charge in [0.05, 0.1) is 0 Å². The number of hydrogen-bond acceptors (Lipinski definition) is 3. The van der Waals surface area contributed by atoms with Gasteiger partial charge in [0, 0.05) is 22.7 Å². The highest BCUT2D eigenvalue weighted by Gasteiger charge is 2.06. The smallest absolute Gasteiger partial charge is 0.251 e. The predicted molar refractivity (Wildman–Crippen MR) is 84.3 cm³/mol. The van der Waals surface area contributed by atoms with Crippen molar-refractivity contribution in [3.8, 4) is 5.75 Å². The normalized spacial score (nSPS) is 9.78. The van der Waals surface area contributed by atoms with Crippen LogP contribution in [-0.4, -0.2) is 19.3 Å². The summed E-state index contributed by atoms with van der Waals surface area (Å²) in [5, 5.41) is 6.22. The minimum Gasteiger partial charge on any atom is -0.463 e. The van der Waals surface area contributed by atoms with Crippen molar-refractivity contribution in [1.82, 2.24) is 5.32 Å². The van der Waals surface area contributed by atoms with Crippen molar-refractivity contribution in [2.24, 2.45) is 5.11 Å². The first-order chi connectivity index (χ1) is 11.2. The van der Waals surface area contributed by atoms with Crippen LogP contribution in [0, 0.1) is 0 Å². The summed E-state index contributed by atoms with van der Waals surface area (Å²) in [6, 6.07) is 13.4. The predicted octanol–water partition coefficient (Wildman–Crippen LogP) is 3.91. The highest BCUT2D eigenvalue weighted by molar-refractivity contribution is 5.94. The zero-order valence-electron chi connectivity index (χ0n) is 12.3. The van der Waals surface area contributed by atoms with Gasteiger partial charge in [-0.25, -0.2) is 4.39 Å². The Bertz CT molecular complexity index is 712. The van der Waals surface area contributed by atoms with Gasteiger partial charge >= 0.3 is 0 Å². The number of carbonyl (C=O) groups is 1. The monoisotopic (exact) mass is 314 g/mol. The summed E-state index contributed by atoms with van der Waals surface area (Å²) < 4.78 is 17.2. The summed E-state index contributed by atoms with van der Waals surface area (Å²) >= 11 is 0. The Hall–Kier alpha value is -3.05. The molecule has 0 atom stereocenters. The average Bonchev–Trinajstić information content (AvgIpc) is 2.57. The third-order valence-electron chi connectivity index (χ3n) is 3.15. The van der Waals surface area contributed by atoms with Gasteiger partial charge in [0.2, 0.25) is 6.86 Å². The fourth-order valence-electron chi connectivity index (χ4n) is 2.05. The molecule has 0 aliphatic carbocycles. The molecule has 0 radical (unpaired) electrons. The number of nitrogens with zero attached hydrogens (tertiary/aromatic N) is 3. The Labute approximate surface area is 132 Å². The molecular formula is C16H15FN4O2. The lowest BCUT2D eigenvalue weighted by Gasteiger charge is -2.09. The molecule has 0 aromatic heterocycles. The quantitative estimate of drug-likeness (QED) is 0.477. The van der Waals surface area contributed by atoms with Gasteiger partial charge in [-0.1, -0.05) is 35.4 Å². The lowest BCUT2D eigenvalue weighted by molar-refractivity contribution is 0.0954. The number of amides is 1. The van der Waals surface area contributed by atoms with Gasteiger partial charge in [-0.2, -0.15) is 0 Å². The minimum atomic E-state index is -0.888. The second kappa shape index (κ2) is 8.41. The van der Waals surface area contributed by atoms with Gasteiger partial charge in [0.1, 0.15) is 5.75 Å². The third-order valence-corrected chi connectivity index (χ3v) is 3.15. The lowest BCUT2D eigenvalue weighted by atomic mass is 10.1. The SMILES string of the molecule is [N-]=[N+]=Nc1ccc(C(=O)NCCc2ccccc2OCF)cc1. The van der Waals surface area contributed by atoms with Gasteiger partial charge in [-0.15, -0.1) is 0 Å². The van der Waals surface area contributed by atoms with Gasteiger partial charge < -0.3 is 10.1 Å². The number of nitrogens with one attached hydrogen (secondary N) is 1. The molecule has 2 aromatic rings. The second-order valence-corrected chi connectivity index (χ2v) is 4.60. The summed E-state index contributed by atoms with van der Waals surface area (Å²) in [7, 11) is 0. The maximum Gasteiger partial charge on any atom is 0.251 e. The number of ether oxygens (including phenoxy) is 1. The summed E-state index contributed by atoms with van der Waals surface area (Å²) in [6.07, 6.45) is 0.527. The van der Waals surface area contributed by atoms with Crippen molar-refractivity contribution in [1.29, 1.82) is 0 Å². The maximum atomic E-state index is 12.3. The van der Waals surface area contributed by atoms with Crippen LogP contribution in [0.5, 0.6) is 5.75 Å². The van der Waals surface area contributed by atoms with E-state index < -0.39 is 6.86 Å². The van der Waals surface area contributed by atoms with E-state index in [0.717, 1.165) is 5.56 Å². The maximum absolute atomic E-state index is 12.3. The van der Waals surface area contributed by atoms with Crippen LogP contribution < -0.4 is 10.1 Å². The van der Waals surface area contributed by atoms with Crippen LogP contribution in [0.25, 0.3) is 10.4 Å². The highest BCUT2D eigenvalue weighted by Crippen LogP contribution is 2.18. The Morgan fingerprint density at radius 1 is 1.22 bits per heavy atom. The molecule has 0 saturated carbocycles. The molecule has 0 spiro atoms. The van der Waals surface area contributed by atoms with Crippen LogP contribution in [-0.2, 0) is 6.42 Å². The first kappa shape index (κ1) is 16.3. The Balaban J connectivity index is 1.91. The molecule has 0 fully saturated rings. The molecule has 1 N–H and O–H groups in total. The molecule has 7 heteroatoms. The fraction of sp³-hybridized carbons (Fsp3) is 0.188. The molecule has 0 heterocycles. The highest BCUT2D eigenvalue weighted by atomic mass is 19.1. The van der Waals surface area contributed by atoms with Crippen LogP contribution in [0.2, 0.25) is 0 Å². The van der Waals surface area contributed by atoms with Crippen molar-refractivity contribution >= 4 is 11.6 Å². The molecule has 1 amide bonds. The molecule has 0 unspecified atom stereocenters. The van der Waals surface area contributed by atoms with Gasteiger partial charge in [-0.3, -0.25) is 4.79 Å². The number of azide groups is 1. The topological polar surface area (TPSA) is 87.1 Å². The third kappa shape index (κ3) is 4.72. The van der Waals surface area contributed by atoms with Crippen LogP contribution in [0.3, 0.4) is 0 Å². The molecule has 0 bridgehead atoms. The standard InChI is InChI=1S/C16H15FN4O2/c17-11-23-15-4-2-1-3-12(15)9-10-19-16(22)13-5-7-14(8-6-13)20-21-18/h1-8H,9-11H2,(H,19,22). The fourth-order valence-corrected chi connectivity index (χ4v) is 2.05. The second-order valence-electron chi connectivity index (χ2n) is 4.60. The first-order valence-electron chi connectivity index (χ1n) is 6.94. The van der Waals surface area contributed by atoms with E-state index >= 15 is 0 Å². The van der Waals surface area contributed by atoms with Crippen LogP contribution in [0.15, 0.2) is 53.6 Å². The van der Waals surface area contributed by atoms with E-state index in [1.165, 1.54) is 0 Å². The van der Waals surface area contributed by atoms with Crippen molar-refractivity contribution in [3.63, 3.8) is 0 Å². The van der Waals surface area contributed by atoms with E-state index in [9.17, 15) is 9.18 Å². The van der Waals surface area contributed by atoms with E-state index in [0.29, 0.717) is 30.0 Å². The molecule has 118 valence electrons. The average molecular weight is 314 g/mol. The number of alkyl halides is 1. The van der Waals surface area contributed by atoms with Crippen LogP contribution >= 0.6 is 0 Å². The number of hydrogen-bond donors (Lipinski definition) is 1. The Morgan fingerprint density at radius 2 is 1.96 bits per heavy atom. The van der Waals surface area contributed by atoms with Gasteiger partial charge in [-0.05, 0) is 35.7 Å². The summed E-state index contributed by atoms with van der Waals surface area (Å²) in [5.41, 5.74) is 10.1. The Kier molecular flexibility index (Phi) is 5.97. The van der Waals surface area contributed by atoms with Crippen LogP contribution in [0.4, 0.5) is 10.1 Å². The molecule has 2 rings (SSSR count). The summed E-state index contributed by atoms with van der Waals surface area (Å²) in [4.78, 5) is 14.7. The van der Waals surface area contributed by atoms with Crippen molar-refractivity contribution in [2.45, 2.75) is 6.42 Å². The van der Waals surface area contributed by atoms with Crippen LogP contribution in [0.1, 0.15) is 15.9 Å². The van der Waals surface area contributed by atoms with E-state index in [2.05, 4.69) is 15.3 Å². The molecule has 6 nitrogen and oxygen atoms in total. The van der Waals surface area contributed by atoms with E-state index in [1.54, 1.807) is 36.4 Å².